The van der Waals surface area contributed by atoms with Crippen LogP contribution in [0.4, 0.5) is 5.95 Å². The summed E-state index contributed by atoms with van der Waals surface area (Å²) in [6.07, 6.45) is 3.49. The fourth-order valence-corrected chi connectivity index (χ4v) is 1.88. The number of nitrogens with two attached hydrogens (primary N) is 1. The van der Waals surface area contributed by atoms with E-state index in [2.05, 4.69) is 28.3 Å². The van der Waals surface area contributed by atoms with E-state index in [1.807, 2.05) is 0 Å². The van der Waals surface area contributed by atoms with Crippen LogP contribution in [0.2, 0.25) is 0 Å². The van der Waals surface area contributed by atoms with Crippen molar-refractivity contribution in [3.8, 4) is 11.1 Å². The van der Waals surface area contributed by atoms with Crippen molar-refractivity contribution < 1.29 is 0 Å². The van der Waals surface area contributed by atoms with E-state index in [4.69, 9.17) is 5.73 Å². The van der Waals surface area contributed by atoms with Crippen LogP contribution in [0.25, 0.3) is 11.1 Å². The lowest BCUT2D eigenvalue weighted by Gasteiger charge is -1.98. The fraction of sp³-hybridized carbons (Fsp3) is 0.111. The minimum absolute atomic E-state index is 0.316. The summed E-state index contributed by atoms with van der Waals surface area (Å²) in [7, 11) is 0. The predicted molar refractivity (Wildman–Crippen MR) is 54.5 cm³/mol. The van der Waals surface area contributed by atoms with Gasteiger partial charge in [0.05, 0.1) is 0 Å². The molecule has 0 bridgehead atoms. The van der Waals surface area contributed by atoms with Crippen molar-refractivity contribution in [2.75, 3.05) is 5.73 Å². The summed E-state index contributed by atoms with van der Waals surface area (Å²) >= 11 is 1.72. The molecule has 66 valence electrons. The number of anilines is 1. The lowest BCUT2D eigenvalue weighted by molar-refractivity contribution is 1.19. The Labute approximate surface area is 80.3 Å². The van der Waals surface area contributed by atoms with Gasteiger partial charge in [0.25, 0.3) is 0 Å². The Morgan fingerprint density at radius 1 is 1.31 bits per heavy atom. The molecular formula is C9H9N3S. The first kappa shape index (κ1) is 8.19. The first-order chi connectivity index (χ1) is 6.27. The van der Waals surface area contributed by atoms with Crippen molar-refractivity contribution in [1.29, 1.82) is 0 Å². The van der Waals surface area contributed by atoms with Gasteiger partial charge in [-0.25, -0.2) is 9.97 Å². The molecule has 0 aliphatic heterocycles. The molecule has 2 heterocycles. The average Bonchev–Trinajstić information content (AvgIpc) is 2.53. The van der Waals surface area contributed by atoms with Crippen LogP contribution in [-0.4, -0.2) is 9.97 Å². The molecule has 13 heavy (non-hydrogen) atoms. The molecule has 2 aromatic rings. The lowest BCUT2D eigenvalue weighted by atomic mass is 10.1. The maximum absolute atomic E-state index is 5.40. The van der Waals surface area contributed by atoms with E-state index < -0.39 is 0 Å². The molecule has 2 rings (SSSR count). The minimum atomic E-state index is 0.316. The summed E-state index contributed by atoms with van der Waals surface area (Å²) in [6.45, 7) is 2.08. The second-order valence-electron chi connectivity index (χ2n) is 2.72. The number of thiophene rings is 1. The smallest absolute Gasteiger partial charge is 0.219 e. The molecule has 0 aromatic carbocycles. The molecule has 0 amide bonds. The second-order valence-corrected chi connectivity index (χ2v) is 3.84. The topological polar surface area (TPSA) is 51.8 Å². The van der Waals surface area contributed by atoms with Gasteiger partial charge in [0.2, 0.25) is 5.95 Å². The van der Waals surface area contributed by atoms with E-state index in [1.54, 1.807) is 23.7 Å². The number of aromatic nitrogens is 2. The normalized spacial score (nSPS) is 10.2. The first-order valence-electron chi connectivity index (χ1n) is 3.89. The number of nitrogen functional groups attached to an aromatic ring is 1. The fourth-order valence-electron chi connectivity index (χ4n) is 1.16. The Kier molecular flexibility index (Phi) is 1.98. The SMILES string of the molecule is Cc1sccc1-c1cnc(N)nc1. The molecule has 0 aliphatic rings. The maximum Gasteiger partial charge on any atom is 0.219 e. The van der Waals surface area contributed by atoms with E-state index >= 15 is 0 Å². The van der Waals surface area contributed by atoms with Crippen LogP contribution in [0, 0.1) is 6.92 Å². The van der Waals surface area contributed by atoms with Crippen LogP contribution < -0.4 is 5.73 Å². The van der Waals surface area contributed by atoms with Gasteiger partial charge in [-0.15, -0.1) is 11.3 Å². The van der Waals surface area contributed by atoms with Crippen LogP contribution in [0.1, 0.15) is 4.88 Å². The van der Waals surface area contributed by atoms with Gasteiger partial charge in [0.15, 0.2) is 0 Å². The number of hydrogen-bond acceptors (Lipinski definition) is 4. The van der Waals surface area contributed by atoms with Gasteiger partial charge in [-0.05, 0) is 23.9 Å². The third-order valence-corrected chi connectivity index (χ3v) is 2.69. The maximum atomic E-state index is 5.40. The van der Waals surface area contributed by atoms with Crippen LogP contribution in [0.3, 0.4) is 0 Å². The highest BCUT2D eigenvalue weighted by atomic mass is 32.1. The molecule has 3 nitrogen and oxygen atoms in total. The summed E-state index contributed by atoms with van der Waals surface area (Å²) in [5, 5.41) is 2.06. The molecule has 4 heteroatoms. The van der Waals surface area contributed by atoms with Gasteiger partial charge in [0.1, 0.15) is 0 Å². The van der Waals surface area contributed by atoms with Gasteiger partial charge >= 0.3 is 0 Å². The Morgan fingerprint density at radius 2 is 2.00 bits per heavy atom. The zero-order valence-corrected chi connectivity index (χ0v) is 8.01. The third kappa shape index (κ3) is 1.53. The number of hydrogen-bond donors (Lipinski definition) is 1. The monoisotopic (exact) mass is 191 g/mol. The highest BCUT2D eigenvalue weighted by Crippen LogP contribution is 2.26. The highest BCUT2D eigenvalue weighted by Gasteiger charge is 2.02. The van der Waals surface area contributed by atoms with E-state index in [9.17, 15) is 0 Å². The quantitative estimate of drug-likeness (QED) is 0.751. The largest absolute Gasteiger partial charge is 0.368 e. The lowest BCUT2D eigenvalue weighted by Crippen LogP contribution is -1.93. The summed E-state index contributed by atoms with van der Waals surface area (Å²) < 4.78 is 0. The molecule has 0 saturated carbocycles. The number of rotatable bonds is 1. The molecule has 2 aromatic heterocycles. The second kappa shape index (κ2) is 3.14. The van der Waals surface area contributed by atoms with E-state index in [1.165, 1.54) is 10.4 Å². The van der Waals surface area contributed by atoms with E-state index in [-0.39, 0.29) is 0 Å². The van der Waals surface area contributed by atoms with Crippen molar-refractivity contribution in [3.05, 3.63) is 28.7 Å². The summed E-state index contributed by atoms with van der Waals surface area (Å²) in [5.74, 6) is 0.316. The minimum Gasteiger partial charge on any atom is -0.368 e. The molecule has 0 aliphatic carbocycles. The Bertz CT molecular complexity index is 405. The molecule has 0 radical (unpaired) electrons. The summed E-state index contributed by atoms with van der Waals surface area (Å²) in [6, 6.07) is 2.06. The Hall–Kier alpha value is -1.42. The highest BCUT2D eigenvalue weighted by molar-refractivity contribution is 7.10. The van der Waals surface area contributed by atoms with Crippen molar-refractivity contribution in [1.82, 2.24) is 9.97 Å². The zero-order valence-electron chi connectivity index (χ0n) is 7.19. The standard InChI is InChI=1S/C9H9N3S/c1-6-8(2-3-13-6)7-4-11-9(10)12-5-7/h2-5H,1H3,(H2,10,11,12). The molecule has 0 unspecified atom stereocenters. The molecule has 0 atom stereocenters. The zero-order chi connectivity index (χ0) is 9.26. The molecule has 0 saturated heterocycles. The van der Waals surface area contributed by atoms with Crippen molar-refractivity contribution in [2.24, 2.45) is 0 Å². The number of nitrogens with zero attached hydrogens (tertiary/aromatic N) is 2. The van der Waals surface area contributed by atoms with Gasteiger partial charge in [0, 0.05) is 22.8 Å². The van der Waals surface area contributed by atoms with Crippen molar-refractivity contribution in [3.63, 3.8) is 0 Å². The number of aryl methyl sites for hydroxylation is 1. The summed E-state index contributed by atoms with van der Waals surface area (Å²) in [5.41, 5.74) is 7.60. The van der Waals surface area contributed by atoms with Crippen LogP contribution in [-0.2, 0) is 0 Å². The van der Waals surface area contributed by atoms with Gasteiger partial charge < -0.3 is 5.73 Å². The average molecular weight is 191 g/mol. The van der Waals surface area contributed by atoms with E-state index in [0.717, 1.165) is 5.56 Å². The van der Waals surface area contributed by atoms with Crippen molar-refractivity contribution in [2.45, 2.75) is 6.92 Å². The predicted octanol–water partition coefficient (Wildman–Crippen LogP) is 2.10. The first-order valence-corrected chi connectivity index (χ1v) is 4.77. The van der Waals surface area contributed by atoms with E-state index in [0.29, 0.717) is 5.95 Å². The van der Waals surface area contributed by atoms with Crippen LogP contribution in [0.5, 0.6) is 0 Å². The van der Waals surface area contributed by atoms with Gasteiger partial charge in [-0.3, -0.25) is 0 Å². The molecule has 0 spiro atoms. The van der Waals surface area contributed by atoms with Gasteiger partial charge in [-0.1, -0.05) is 0 Å². The Balaban J connectivity index is 2.47. The van der Waals surface area contributed by atoms with Gasteiger partial charge in [-0.2, -0.15) is 0 Å². The molecule has 2 N–H and O–H groups in total. The third-order valence-electron chi connectivity index (χ3n) is 1.84. The Morgan fingerprint density at radius 3 is 2.54 bits per heavy atom. The van der Waals surface area contributed by atoms with Crippen molar-refractivity contribution >= 4 is 17.3 Å². The van der Waals surface area contributed by atoms with Crippen LogP contribution in [0.15, 0.2) is 23.8 Å². The van der Waals surface area contributed by atoms with Crippen LogP contribution >= 0.6 is 11.3 Å². The summed E-state index contributed by atoms with van der Waals surface area (Å²) in [4.78, 5) is 9.17. The molecular weight excluding hydrogens is 182 g/mol. The molecule has 0 fully saturated rings.